The van der Waals surface area contributed by atoms with E-state index < -0.39 is 0 Å². The van der Waals surface area contributed by atoms with Crippen molar-refractivity contribution in [2.75, 3.05) is 0 Å². The molecule has 0 fully saturated rings. The van der Waals surface area contributed by atoms with Crippen molar-refractivity contribution in [2.45, 2.75) is 0 Å². The Morgan fingerprint density at radius 3 is 0.500 bits per heavy atom. The maximum atomic E-state index is 0. The molecular formula is O5OsPtTi. The molecule has 0 rings (SSSR count). The van der Waals surface area contributed by atoms with Gasteiger partial charge in [-0.15, -0.1) is 0 Å². The van der Waals surface area contributed by atoms with Gasteiger partial charge in [0.05, 0.1) is 0 Å². The van der Waals surface area contributed by atoms with Gasteiger partial charge in [-0.3, -0.25) is 0 Å². The molecule has 0 radical (unpaired) electrons. The van der Waals surface area contributed by atoms with Crippen molar-refractivity contribution in [1.82, 2.24) is 0 Å². The van der Waals surface area contributed by atoms with E-state index in [9.17, 15) is 0 Å². The van der Waals surface area contributed by atoms with E-state index >= 15 is 0 Å². The Morgan fingerprint density at radius 2 is 0.500 bits per heavy atom. The maximum absolute atomic E-state index is 0. The summed E-state index contributed by atoms with van der Waals surface area (Å²) >= 11 is 0. The Hall–Kier alpha value is 1.84. The van der Waals surface area contributed by atoms with Crippen molar-refractivity contribution >= 4 is 0 Å². The van der Waals surface area contributed by atoms with Crippen molar-refractivity contribution in [3.63, 3.8) is 0 Å². The van der Waals surface area contributed by atoms with Crippen LogP contribution in [0.3, 0.4) is 0 Å². The van der Waals surface area contributed by atoms with Crippen molar-refractivity contribution < 1.29 is 90.0 Å². The van der Waals surface area contributed by atoms with Crippen molar-refractivity contribution in [3.8, 4) is 0 Å². The zero-order valence-corrected chi connectivity index (χ0v) is 9.59. The van der Waals surface area contributed by atoms with E-state index in [0.29, 0.717) is 0 Å². The van der Waals surface area contributed by atoms with Gasteiger partial charge in [0, 0.05) is 0 Å². The van der Waals surface area contributed by atoms with Gasteiger partial charge in [0.15, 0.2) is 0 Å². The first kappa shape index (κ1) is 227. The Kier molecular flexibility index (Phi) is 4560. The van der Waals surface area contributed by atoms with Gasteiger partial charge in [0.2, 0.25) is 0 Å². The second-order valence-corrected chi connectivity index (χ2v) is 0. The molecule has 0 heterocycles. The number of rotatable bonds is 0. The van der Waals surface area contributed by atoms with Crippen LogP contribution in [-0.2, 0) is 90.0 Å². The molecule has 0 aliphatic carbocycles. The minimum atomic E-state index is 0. The summed E-state index contributed by atoms with van der Waals surface area (Å²) in [5, 5.41) is 0. The Morgan fingerprint density at radius 1 is 0.500 bits per heavy atom. The summed E-state index contributed by atoms with van der Waals surface area (Å²) in [7, 11) is 0. The maximum Gasteiger partial charge on any atom is 4.00 e. The van der Waals surface area contributed by atoms with Crippen LogP contribution in [0.5, 0.6) is 0 Å². The molecule has 8 heteroatoms. The van der Waals surface area contributed by atoms with E-state index in [4.69, 9.17) is 0 Å². The van der Waals surface area contributed by atoms with Gasteiger partial charge >= 0.3 is 62.6 Å². The Labute approximate surface area is 89.3 Å². The molecule has 0 saturated carbocycles. The van der Waals surface area contributed by atoms with Crippen LogP contribution in [0.15, 0.2) is 0 Å². The van der Waals surface area contributed by atoms with Gasteiger partial charge in [-0.05, 0) is 0 Å². The summed E-state index contributed by atoms with van der Waals surface area (Å²) in [6, 6.07) is 0. The minimum absolute atomic E-state index is 0. The molecule has 0 N–H and O–H groups in total. The smallest absolute Gasteiger partial charge is 2.00 e. The average molecular weight is 513 g/mol. The first-order valence-electron chi connectivity index (χ1n) is 0. The third-order valence-electron chi connectivity index (χ3n) is 0. The first-order valence-corrected chi connectivity index (χ1v) is 0. The van der Waals surface area contributed by atoms with Crippen molar-refractivity contribution in [2.24, 2.45) is 0 Å². The minimum Gasteiger partial charge on any atom is -2.00 e. The van der Waals surface area contributed by atoms with Gasteiger partial charge in [0.25, 0.3) is 0 Å². The van der Waals surface area contributed by atoms with Crippen LogP contribution in [-0.4, -0.2) is 0 Å². The predicted molar refractivity (Wildman–Crippen MR) is 3.43 cm³/mol. The third-order valence-corrected chi connectivity index (χ3v) is 0. The zero-order valence-electron chi connectivity index (χ0n) is 3.21. The SMILES string of the molecule is [O-2].[O-2].[O-2].[O-2].[O-2].[Os+4].[Pt+2].[Ti+4]. The van der Waals surface area contributed by atoms with Crippen LogP contribution in [0.2, 0.25) is 0 Å². The third kappa shape index (κ3) is 108. The molecule has 0 aliphatic heterocycles. The van der Waals surface area contributed by atoms with Crippen LogP contribution in [0.25, 0.3) is 0 Å². The first-order chi connectivity index (χ1) is 0. The average Bonchev–Trinajstić information content (AvgIpc) is 0. The van der Waals surface area contributed by atoms with E-state index in [1.54, 1.807) is 0 Å². The fourth-order valence-electron chi connectivity index (χ4n) is 0. The second kappa shape index (κ2) is 161. The van der Waals surface area contributed by atoms with Crippen LogP contribution in [0, 0.1) is 0 Å². The topological polar surface area (TPSA) is 142 Å². The predicted octanol–water partition coefficient (Wildman–Crippen LogP) is -0.601. The number of hydrogen-bond donors (Lipinski definition) is 0. The van der Waals surface area contributed by atoms with Crippen LogP contribution in [0.1, 0.15) is 0 Å². The van der Waals surface area contributed by atoms with Gasteiger partial charge in [-0.1, -0.05) is 0 Å². The molecule has 0 unspecified atom stereocenters. The normalized spacial score (nSPS) is 0. The summed E-state index contributed by atoms with van der Waals surface area (Å²) in [5.74, 6) is 0. The quantitative estimate of drug-likeness (QED) is 0.382. The molecule has 0 aromatic carbocycles. The van der Waals surface area contributed by atoms with Gasteiger partial charge in [0.1, 0.15) is 0 Å². The van der Waals surface area contributed by atoms with E-state index in [2.05, 4.69) is 0 Å². The monoisotopic (exact) mass is 515 g/mol. The Bertz CT molecular complexity index is 12.4. The van der Waals surface area contributed by atoms with E-state index in [0.717, 1.165) is 0 Å². The molecule has 0 saturated heterocycles. The van der Waals surface area contributed by atoms with Crippen molar-refractivity contribution in [3.05, 3.63) is 0 Å². The second-order valence-electron chi connectivity index (χ2n) is 0. The fourth-order valence-corrected chi connectivity index (χ4v) is 0. The largest absolute Gasteiger partial charge is 4.00 e. The molecule has 0 bridgehead atoms. The summed E-state index contributed by atoms with van der Waals surface area (Å²) in [6.45, 7) is 0. The molecule has 0 atom stereocenters. The molecule has 0 amide bonds. The molecule has 0 aliphatic rings. The summed E-state index contributed by atoms with van der Waals surface area (Å²) in [6.07, 6.45) is 0. The standard InChI is InChI=1S/5O.Os.Pt.Ti/q5*-2;+4;+2;+4. The molecular weight excluding hydrogens is 513 g/mol. The zero-order chi connectivity index (χ0) is 0. The van der Waals surface area contributed by atoms with E-state index in [1.807, 2.05) is 0 Å². The fraction of sp³-hybridized carbons (Fsp3) is 0. The molecule has 5 nitrogen and oxygen atoms in total. The molecule has 0 aromatic rings. The molecule has 8 heavy (non-hydrogen) atoms. The summed E-state index contributed by atoms with van der Waals surface area (Å²) in [4.78, 5) is 0. The van der Waals surface area contributed by atoms with Crippen LogP contribution >= 0.6 is 0 Å². The van der Waals surface area contributed by atoms with E-state index in [1.165, 1.54) is 0 Å². The summed E-state index contributed by atoms with van der Waals surface area (Å²) < 4.78 is 0. The summed E-state index contributed by atoms with van der Waals surface area (Å²) in [5.41, 5.74) is 0. The van der Waals surface area contributed by atoms with Gasteiger partial charge < -0.3 is 27.4 Å². The van der Waals surface area contributed by atoms with Crippen LogP contribution < -0.4 is 0 Å². The van der Waals surface area contributed by atoms with Gasteiger partial charge in [-0.25, -0.2) is 0 Å². The number of hydrogen-bond acceptors (Lipinski definition) is 0. The molecule has 0 aromatic heterocycles. The molecule has 0 spiro atoms. The van der Waals surface area contributed by atoms with Crippen molar-refractivity contribution in [1.29, 1.82) is 0 Å². The Balaban J connectivity index is 0. The van der Waals surface area contributed by atoms with E-state index in [-0.39, 0.29) is 90.0 Å². The van der Waals surface area contributed by atoms with Gasteiger partial charge in [-0.2, -0.15) is 0 Å². The molecule has 52 valence electrons. The van der Waals surface area contributed by atoms with Crippen LogP contribution in [0.4, 0.5) is 0 Å².